The number of fused-ring (bicyclic) bond motifs is 1. The van der Waals surface area contributed by atoms with E-state index in [1.807, 2.05) is 4.90 Å². The summed E-state index contributed by atoms with van der Waals surface area (Å²) >= 11 is 0. The molecule has 3 rings (SSSR count). The van der Waals surface area contributed by atoms with Crippen LogP contribution < -0.4 is 10.1 Å². The molecule has 1 aromatic heterocycles. The average molecular weight is 261 g/mol. The monoisotopic (exact) mass is 261 g/mol. The molecule has 5 nitrogen and oxygen atoms in total. The number of urea groups is 1. The van der Waals surface area contributed by atoms with Gasteiger partial charge in [0.25, 0.3) is 0 Å². The molecule has 2 fully saturated rings. The van der Waals surface area contributed by atoms with Gasteiger partial charge in [-0.15, -0.1) is 0 Å². The van der Waals surface area contributed by atoms with Gasteiger partial charge < -0.3 is 15.0 Å². The van der Waals surface area contributed by atoms with Gasteiger partial charge >= 0.3 is 6.03 Å². The summed E-state index contributed by atoms with van der Waals surface area (Å²) in [7, 11) is 1.57. The van der Waals surface area contributed by atoms with E-state index in [9.17, 15) is 4.79 Å². The predicted molar refractivity (Wildman–Crippen MR) is 72.2 cm³/mol. The fourth-order valence-electron chi connectivity index (χ4n) is 3.18. The molecule has 1 aliphatic heterocycles. The Morgan fingerprint density at radius 2 is 2.11 bits per heavy atom. The standard InChI is InChI=1S/C14H19N3O2/c1-19-13-6-5-12(7-15-13)16-14(18)17-8-10-3-2-4-11(10)9-17/h5-7,10-11H,2-4,8-9H2,1H3,(H,16,18). The summed E-state index contributed by atoms with van der Waals surface area (Å²) < 4.78 is 4.99. The first kappa shape index (κ1) is 12.3. The first-order chi connectivity index (χ1) is 9.26. The Balaban J connectivity index is 1.59. The van der Waals surface area contributed by atoms with E-state index in [1.165, 1.54) is 19.3 Å². The van der Waals surface area contributed by atoms with E-state index in [4.69, 9.17) is 4.74 Å². The van der Waals surface area contributed by atoms with Gasteiger partial charge in [0.05, 0.1) is 19.0 Å². The smallest absolute Gasteiger partial charge is 0.321 e. The number of likely N-dealkylation sites (tertiary alicyclic amines) is 1. The maximum absolute atomic E-state index is 12.2. The van der Waals surface area contributed by atoms with Crippen molar-refractivity contribution in [1.29, 1.82) is 0 Å². The quantitative estimate of drug-likeness (QED) is 0.889. The van der Waals surface area contributed by atoms with Gasteiger partial charge in [-0.3, -0.25) is 0 Å². The van der Waals surface area contributed by atoms with E-state index in [2.05, 4.69) is 10.3 Å². The molecule has 102 valence electrons. The van der Waals surface area contributed by atoms with Crippen LogP contribution >= 0.6 is 0 Å². The molecule has 1 N–H and O–H groups in total. The van der Waals surface area contributed by atoms with Crippen molar-refractivity contribution in [1.82, 2.24) is 9.88 Å². The van der Waals surface area contributed by atoms with Crippen molar-refractivity contribution in [2.75, 3.05) is 25.5 Å². The second-order valence-corrected chi connectivity index (χ2v) is 5.38. The Labute approximate surface area is 113 Å². The normalized spacial score (nSPS) is 25.2. The largest absolute Gasteiger partial charge is 0.481 e. The highest BCUT2D eigenvalue weighted by Crippen LogP contribution is 2.37. The molecule has 0 radical (unpaired) electrons. The van der Waals surface area contributed by atoms with E-state index < -0.39 is 0 Å². The highest BCUT2D eigenvalue weighted by atomic mass is 16.5. The number of pyridine rings is 1. The van der Waals surface area contributed by atoms with E-state index in [0.717, 1.165) is 24.9 Å². The number of hydrogen-bond donors (Lipinski definition) is 1. The van der Waals surface area contributed by atoms with Crippen LogP contribution in [0.25, 0.3) is 0 Å². The van der Waals surface area contributed by atoms with Crippen LogP contribution in [0.1, 0.15) is 19.3 Å². The van der Waals surface area contributed by atoms with Crippen molar-refractivity contribution < 1.29 is 9.53 Å². The highest BCUT2D eigenvalue weighted by molar-refractivity contribution is 5.89. The SMILES string of the molecule is COc1ccc(NC(=O)N2CC3CCCC3C2)cn1. The molecule has 1 saturated heterocycles. The Hall–Kier alpha value is -1.78. The lowest BCUT2D eigenvalue weighted by molar-refractivity contribution is 0.219. The van der Waals surface area contributed by atoms with Gasteiger partial charge in [-0.05, 0) is 30.7 Å². The van der Waals surface area contributed by atoms with Crippen molar-refractivity contribution in [2.24, 2.45) is 11.8 Å². The van der Waals surface area contributed by atoms with Crippen LogP contribution in [-0.4, -0.2) is 36.1 Å². The molecular weight excluding hydrogens is 242 g/mol. The number of hydrogen-bond acceptors (Lipinski definition) is 3. The zero-order chi connectivity index (χ0) is 13.2. The van der Waals surface area contributed by atoms with Gasteiger partial charge in [-0.1, -0.05) is 6.42 Å². The van der Waals surface area contributed by atoms with E-state index in [0.29, 0.717) is 11.6 Å². The van der Waals surface area contributed by atoms with Gasteiger partial charge in [0.2, 0.25) is 5.88 Å². The van der Waals surface area contributed by atoms with Gasteiger partial charge in [0.15, 0.2) is 0 Å². The number of rotatable bonds is 2. The fourth-order valence-corrected chi connectivity index (χ4v) is 3.18. The molecule has 1 saturated carbocycles. The van der Waals surface area contributed by atoms with Gasteiger partial charge in [0, 0.05) is 19.2 Å². The number of methoxy groups -OCH3 is 1. The minimum atomic E-state index is -0.0126. The molecule has 2 heterocycles. The molecule has 19 heavy (non-hydrogen) atoms. The number of nitrogens with one attached hydrogen (secondary N) is 1. The summed E-state index contributed by atoms with van der Waals surface area (Å²) in [5.41, 5.74) is 0.711. The van der Waals surface area contributed by atoms with Gasteiger partial charge in [-0.2, -0.15) is 0 Å². The summed E-state index contributed by atoms with van der Waals surface area (Å²) in [5, 5.41) is 2.89. The molecule has 1 aromatic rings. The lowest BCUT2D eigenvalue weighted by Gasteiger charge is -2.18. The average Bonchev–Trinajstić information content (AvgIpc) is 3.00. The second kappa shape index (κ2) is 5.07. The molecule has 2 atom stereocenters. The highest BCUT2D eigenvalue weighted by Gasteiger charge is 2.37. The molecular formula is C14H19N3O2. The van der Waals surface area contributed by atoms with Crippen LogP contribution in [0.3, 0.4) is 0 Å². The number of nitrogens with zero attached hydrogens (tertiary/aromatic N) is 2. The number of anilines is 1. The minimum absolute atomic E-state index is 0.0126. The Kier molecular flexibility index (Phi) is 3.27. The van der Waals surface area contributed by atoms with E-state index in [1.54, 1.807) is 25.4 Å². The van der Waals surface area contributed by atoms with Crippen LogP contribution in [0.4, 0.5) is 10.5 Å². The predicted octanol–water partition coefficient (Wildman–Crippen LogP) is 2.35. The zero-order valence-corrected chi connectivity index (χ0v) is 11.1. The molecule has 5 heteroatoms. The molecule has 1 aliphatic carbocycles. The Morgan fingerprint density at radius 3 is 2.68 bits per heavy atom. The summed E-state index contributed by atoms with van der Waals surface area (Å²) in [6.45, 7) is 1.81. The Morgan fingerprint density at radius 1 is 1.37 bits per heavy atom. The molecule has 2 aliphatic rings. The van der Waals surface area contributed by atoms with E-state index >= 15 is 0 Å². The first-order valence-electron chi connectivity index (χ1n) is 6.82. The molecule has 2 amide bonds. The van der Waals surface area contributed by atoms with Crippen molar-refractivity contribution in [3.8, 4) is 5.88 Å². The maximum Gasteiger partial charge on any atom is 0.321 e. The van der Waals surface area contributed by atoms with Crippen molar-refractivity contribution in [3.63, 3.8) is 0 Å². The van der Waals surface area contributed by atoms with Crippen LogP contribution in [0.2, 0.25) is 0 Å². The van der Waals surface area contributed by atoms with Crippen molar-refractivity contribution in [2.45, 2.75) is 19.3 Å². The topological polar surface area (TPSA) is 54.5 Å². The second-order valence-electron chi connectivity index (χ2n) is 5.38. The minimum Gasteiger partial charge on any atom is -0.481 e. The third kappa shape index (κ3) is 2.50. The molecule has 2 unspecified atom stereocenters. The van der Waals surface area contributed by atoms with Crippen molar-refractivity contribution in [3.05, 3.63) is 18.3 Å². The molecule has 0 spiro atoms. The number of carbonyl (C=O) groups excluding carboxylic acids is 1. The number of amides is 2. The number of ether oxygens (including phenoxy) is 1. The van der Waals surface area contributed by atoms with Crippen LogP contribution in [0.5, 0.6) is 5.88 Å². The summed E-state index contributed by atoms with van der Waals surface area (Å²) in [4.78, 5) is 18.2. The molecule has 0 aromatic carbocycles. The van der Waals surface area contributed by atoms with Crippen LogP contribution in [0, 0.1) is 11.8 Å². The van der Waals surface area contributed by atoms with Crippen molar-refractivity contribution >= 4 is 11.7 Å². The summed E-state index contributed by atoms with van der Waals surface area (Å²) in [5.74, 6) is 1.99. The lowest BCUT2D eigenvalue weighted by Crippen LogP contribution is -2.33. The van der Waals surface area contributed by atoms with Gasteiger partial charge in [-0.25, -0.2) is 9.78 Å². The Bertz CT molecular complexity index is 448. The zero-order valence-electron chi connectivity index (χ0n) is 11.1. The summed E-state index contributed by atoms with van der Waals surface area (Å²) in [6.07, 6.45) is 5.50. The third-order valence-corrected chi connectivity index (χ3v) is 4.21. The molecule has 0 bridgehead atoms. The first-order valence-corrected chi connectivity index (χ1v) is 6.82. The maximum atomic E-state index is 12.2. The number of carbonyl (C=O) groups is 1. The lowest BCUT2D eigenvalue weighted by atomic mass is 10.0. The fraction of sp³-hybridized carbons (Fsp3) is 0.571. The van der Waals surface area contributed by atoms with E-state index in [-0.39, 0.29) is 6.03 Å². The summed E-state index contributed by atoms with van der Waals surface area (Å²) in [6, 6.07) is 3.54. The van der Waals surface area contributed by atoms with Crippen LogP contribution in [0.15, 0.2) is 18.3 Å². The van der Waals surface area contributed by atoms with Gasteiger partial charge in [0.1, 0.15) is 0 Å². The number of aromatic nitrogens is 1. The third-order valence-electron chi connectivity index (χ3n) is 4.21. The van der Waals surface area contributed by atoms with Crippen LogP contribution in [-0.2, 0) is 0 Å².